The molecule has 0 aliphatic carbocycles. The second-order valence-corrected chi connectivity index (χ2v) is 5.64. The van der Waals surface area contributed by atoms with Crippen molar-refractivity contribution < 1.29 is 14.3 Å². The molecule has 2 aromatic carbocycles. The Labute approximate surface area is 140 Å². The lowest BCUT2D eigenvalue weighted by molar-refractivity contribution is -0.122. The van der Waals surface area contributed by atoms with Crippen LogP contribution in [-0.2, 0) is 4.79 Å². The van der Waals surface area contributed by atoms with Gasteiger partial charge in [-0.25, -0.2) is 9.97 Å². The first kappa shape index (κ1) is 15.9. The van der Waals surface area contributed by atoms with Crippen molar-refractivity contribution in [3.63, 3.8) is 0 Å². The Morgan fingerprint density at radius 3 is 2.46 bits per heavy atom. The van der Waals surface area contributed by atoms with Gasteiger partial charge in [0.05, 0.1) is 17.2 Å². The topological polar surface area (TPSA) is 61.3 Å². The van der Waals surface area contributed by atoms with Crippen molar-refractivity contribution in [1.29, 1.82) is 0 Å². The van der Waals surface area contributed by atoms with Gasteiger partial charge in [0.2, 0.25) is 5.88 Å². The Hall–Kier alpha value is -2.95. The smallest absolute Gasteiger partial charge is 0.238 e. The lowest BCUT2D eigenvalue weighted by atomic mass is 10.2. The van der Waals surface area contributed by atoms with Gasteiger partial charge in [0.15, 0.2) is 11.9 Å². The normalized spacial score (nSPS) is 12.0. The molecule has 5 nitrogen and oxygen atoms in total. The van der Waals surface area contributed by atoms with Crippen molar-refractivity contribution in [1.82, 2.24) is 9.97 Å². The highest BCUT2D eigenvalue weighted by Gasteiger charge is 2.09. The molecule has 5 heteroatoms. The maximum Gasteiger partial charge on any atom is 0.238 e. The second kappa shape index (κ2) is 6.66. The second-order valence-electron chi connectivity index (χ2n) is 5.64. The van der Waals surface area contributed by atoms with E-state index in [2.05, 4.69) is 9.97 Å². The van der Waals surface area contributed by atoms with Crippen LogP contribution in [0, 0.1) is 6.92 Å². The average molecular weight is 322 g/mol. The van der Waals surface area contributed by atoms with E-state index >= 15 is 0 Å². The lowest BCUT2D eigenvalue weighted by Gasteiger charge is -2.12. The molecule has 1 heterocycles. The number of nitrogens with zero attached hydrogens (tertiary/aromatic N) is 2. The molecule has 122 valence electrons. The number of carbonyl (C=O) groups is 1. The summed E-state index contributed by atoms with van der Waals surface area (Å²) in [5.74, 6) is 1.65. The molecule has 0 radical (unpaired) electrons. The van der Waals surface area contributed by atoms with Crippen LogP contribution in [0.5, 0.6) is 17.4 Å². The van der Waals surface area contributed by atoms with Crippen molar-refractivity contribution in [3.05, 3.63) is 54.2 Å². The number of carbonyl (C=O) groups excluding carboxylic acids is 1. The van der Waals surface area contributed by atoms with Crippen LogP contribution in [0.4, 0.5) is 0 Å². The highest BCUT2D eigenvalue weighted by Crippen LogP contribution is 2.24. The van der Waals surface area contributed by atoms with Crippen molar-refractivity contribution >= 4 is 16.8 Å². The summed E-state index contributed by atoms with van der Waals surface area (Å²) in [4.78, 5) is 20.0. The van der Waals surface area contributed by atoms with Crippen LogP contribution in [0.1, 0.15) is 19.4 Å². The SMILES string of the molecule is CC(=O)C(C)Oc1ccc(Oc2cnc3cc(C)ccc3n2)cc1. The minimum atomic E-state index is -0.466. The predicted octanol–water partition coefficient (Wildman–Crippen LogP) is 4.09. The number of aryl methyl sites for hydroxylation is 1. The molecule has 0 N–H and O–H groups in total. The van der Waals surface area contributed by atoms with Crippen molar-refractivity contribution in [2.75, 3.05) is 0 Å². The van der Waals surface area contributed by atoms with E-state index in [0.29, 0.717) is 17.4 Å². The lowest BCUT2D eigenvalue weighted by Crippen LogP contribution is -2.20. The van der Waals surface area contributed by atoms with Crippen molar-refractivity contribution in [2.45, 2.75) is 26.9 Å². The summed E-state index contributed by atoms with van der Waals surface area (Å²) in [5, 5.41) is 0. The van der Waals surface area contributed by atoms with Gasteiger partial charge in [-0.05, 0) is 62.7 Å². The van der Waals surface area contributed by atoms with Gasteiger partial charge in [-0.2, -0.15) is 0 Å². The number of ether oxygens (including phenoxy) is 2. The van der Waals surface area contributed by atoms with E-state index in [-0.39, 0.29) is 5.78 Å². The van der Waals surface area contributed by atoms with Crippen molar-refractivity contribution in [3.8, 4) is 17.4 Å². The van der Waals surface area contributed by atoms with Gasteiger partial charge in [0.25, 0.3) is 0 Å². The molecular weight excluding hydrogens is 304 g/mol. The molecule has 0 bridgehead atoms. The fourth-order valence-corrected chi connectivity index (χ4v) is 2.15. The average Bonchev–Trinajstić information content (AvgIpc) is 2.56. The Kier molecular flexibility index (Phi) is 4.42. The summed E-state index contributed by atoms with van der Waals surface area (Å²) in [6, 6.07) is 12.9. The minimum absolute atomic E-state index is 0.0167. The Morgan fingerprint density at radius 1 is 1.04 bits per heavy atom. The summed E-state index contributed by atoms with van der Waals surface area (Å²) < 4.78 is 11.2. The molecule has 1 atom stereocenters. The van der Waals surface area contributed by atoms with Gasteiger partial charge >= 0.3 is 0 Å². The zero-order valence-corrected chi connectivity index (χ0v) is 13.8. The first-order chi connectivity index (χ1) is 11.5. The van der Waals surface area contributed by atoms with Crippen LogP contribution in [0.15, 0.2) is 48.7 Å². The molecule has 3 rings (SSSR count). The number of benzene rings is 2. The molecule has 0 amide bonds. The first-order valence-electron chi connectivity index (χ1n) is 7.70. The fourth-order valence-electron chi connectivity index (χ4n) is 2.15. The number of hydrogen-bond donors (Lipinski definition) is 0. The van der Waals surface area contributed by atoms with E-state index in [9.17, 15) is 4.79 Å². The van der Waals surface area contributed by atoms with Crippen LogP contribution in [-0.4, -0.2) is 21.9 Å². The van der Waals surface area contributed by atoms with E-state index in [0.717, 1.165) is 16.6 Å². The van der Waals surface area contributed by atoms with Gasteiger partial charge in [0.1, 0.15) is 11.5 Å². The number of hydrogen-bond acceptors (Lipinski definition) is 5. The number of Topliss-reactive ketones (excluding diaryl/α,β-unsaturated/α-hetero) is 1. The molecule has 0 saturated heterocycles. The molecule has 3 aromatic rings. The Morgan fingerprint density at radius 2 is 1.75 bits per heavy atom. The van der Waals surface area contributed by atoms with E-state index < -0.39 is 6.10 Å². The Balaban J connectivity index is 1.74. The summed E-state index contributed by atoms with van der Waals surface area (Å²) >= 11 is 0. The summed E-state index contributed by atoms with van der Waals surface area (Å²) in [6.45, 7) is 5.24. The number of rotatable bonds is 5. The third kappa shape index (κ3) is 3.68. The highest BCUT2D eigenvalue weighted by atomic mass is 16.5. The molecular formula is C19H18N2O3. The summed E-state index contributed by atoms with van der Waals surface area (Å²) in [5.41, 5.74) is 2.76. The molecule has 0 aliphatic heterocycles. The largest absolute Gasteiger partial charge is 0.483 e. The van der Waals surface area contributed by atoms with E-state index in [1.165, 1.54) is 6.92 Å². The minimum Gasteiger partial charge on any atom is -0.483 e. The van der Waals surface area contributed by atoms with Gasteiger partial charge in [-0.3, -0.25) is 4.79 Å². The van der Waals surface area contributed by atoms with Crippen LogP contribution >= 0.6 is 0 Å². The third-order valence-electron chi connectivity index (χ3n) is 3.61. The third-order valence-corrected chi connectivity index (χ3v) is 3.61. The zero-order valence-electron chi connectivity index (χ0n) is 13.8. The Bertz CT molecular complexity index is 875. The predicted molar refractivity (Wildman–Crippen MR) is 91.6 cm³/mol. The quantitative estimate of drug-likeness (QED) is 0.708. The molecule has 24 heavy (non-hydrogen) atoms. The molecule has 1 aromatic heterocycles. The van der Waals surface area contributed by atoms with Crippen LogP contribution in [0.3, 0.4) is 0 Å². The first-order valence-corrected chi connectivity index (χ1v) is 7.70. The number of ketones is 1. The van der Waals surface area contributed by atoms with E-state index in [4.69, 9.17) is 9.47 Å². The molecule has 0 saturated carbocycles. The summed E-state index contributed by atoms with van der Waals surface area (Å²) in [7, 11) is 0. The van der Waals surface area contributed by atoms with Crippen LogP contribution in [0.25, 0.3) is 11.0 Å². The van der Waals surface area contributed by atoms with Crippen molar-refractivity contribution in [2.24, 2.45) is 0 Å². The van der Waals surface area contributed by atoms with Gasteiger partial charge < -0.3 is 9.47 Å². The molecule has 0 aliphatic rings. The maximum absolute atomic E-state index is 11.2. The number of fused-ring (bicyclic) bond motifs is 1. The van der Waals surface area contributed by atoms with E-state index in [1.54, 1.807) is 37.4 Å². The molecule has 0 fully saturated rings. The van der Waals surface area contributed by atoms with Gasteiger partial charge in [0, 0.05) is 0 Å². The monoisotopic (exact) mass is 322 g/mol. The molecule has 0 spiro atoms. The van der Waals surface area contributed by atoms with Gasteiger partial charge in [-0.15, -0.1) is 0 Å². The zero-order chi connectivity index (χ0) is 17.1. The van der Waals surface area contributed by atoms with E-state index in [1.807, 2.05) is 25.1 Å². The van der Waals surface area contributed by atoms with Gasteiger partial charge in [-0.1, -0.05) is 6.07 Å². The van der Waals surface area contributed by atoms with Crippen LogP contribution in [0.2, 0.25) is 0 Å². The van der Waals surface area contributed by atoms with Crippen LogP contribution < -0.4 is 9.47 Å². The fraction of sp³-hybridized carbons (Fsp3) is 0.211. The standard InChI is InChI=1S/C19H18N2O3/c1-12-4-9-17-18(10-12)20-11-19(21-17)24-16-7-5-15(6-8-16)23-14(3)13(2)22/h4-11,14H,1-3H3. The highest BCUT2D eigenvalue weighted by molar-refractivity contribution is 5.80. The molecule has 1 unspecified atom stereocenters. The number of aromatic nitrogens is 2. The maximum atomic E-state index is 11.2. The summed E-state index contributed by atoms with van der Waals surface area (Å²) in [6.07, 6.45) is 1.14.